The topological polar surface area (TPSA) is 125 Å². The van der Waals surface area contributed by atoms with E-state index in [1.54, 1.807) is 16.8 Å². The number of hydrogen-bond acceptors (Lipinski definition) is 7. The molecule has 1 fully saturated rings. The lowest BCUT2D eigenvalue weighted by Crippen LogP contribution is -2.58. The van der Waals surface area contributed by atoms with E-state index in [0.717, 1.165) is 5.56 Å². The zero-order valence-electron chi connectivity index (χ0n) is 17.9. The van der Waals surface area contributed by atoms with E-state index >= 15 is 0 Å². The molecule has 2 aliphatic rings. The van der Waals surface area contributed by atoms with Crippen LogP contribution in [0.2, 0.25) is 0 Å². The number of amides is 1. The number of fused-ring (bicyclic) bond motifs is 1. The van der Waals surface area contributed by atoms with E-state index in [1.807, 2.05) is 35.2 Å². The van der Waals surface area contributed by atoms with Gasteiger partial charge in [-0.05, 0) is 24.5 Å². The Bertz CT molecular complexity index is 1220. The van der Waals surface area contributed by atoms with Crippen LogP contribution in [0.15, 0.2) is 59.8 Å². The summed E-state index contributed by atoms with van der Waals surface area (Å²) in [6, 6.07) is 12.4. The van der Waals surface area contributed by atoms with Crippen LogP contribution in [0, 0.1) is 0 Å². The summed E-state index contributed by atoms with van der Waals surface area (Å²) in [6.07, 6.45) is 2.35. The van der Waals surface area contributed by atoms with Gasteiger partial charge < -0.3 is 20.0 Å². The number of aromatic nitrogens is 4. The predicted octanol–water partition coefficient (Wildman–Crippen LogP) is 1.77. The van der Waals surface area contributed by atoms with Crippen molar-refractivity contribution in [3.05, 3.63) is 70.9 Å². The summed E-state index contributed by atoms with van der Waals surface area (Å²) in [6.45, 7) is 1.29. The molecular formula is C23H24N6O4. The Hall–Kier alpha value is -3.79. The van der Waals surface area contributed by atoms with Gasteiger partial charge in [0, 0.05) is 31.9 Å². The standard InChI is InChI=1S/C23H24N6O4/c30-19(16-4-2-1-3-5-16)13-29-21-26-18(17-6-9-24-15-25-17)12-20(31)28(21)11-8-23(29)7-10-27(14-23)22(32)33/h1-6,9,12,15,19,30H,7-8,10-11,13-14H2,(H,32,33)/t19-,23?/m0/s1. The number of carbonyl (C=O) groups is 1. The average Bonchev–Trinajstić information content (AvgIpc) is 3.27. The molecule has 4 heterocycles. The molecule has 2 N–H and O–H groups in total. The van der Waals surface area contributed by atoms with E-state index in [9.17, 15) is 19.8 Å². The number of aliphatic hydroxyl groups excluding tert-OH is 1. The van der Waals surface area contributed by atoms with Crippen molar-refractivity contribution >= 4 is 12.0 Å². The Kier molecular flexibility index (Phi) is 5.29. The van der Waals surface area contributed by atoms with E-state index < -0.39 is 17.7 Å². The van der Waals surface area contributed by atoms with Gasteiger partial charge in [0.15, 0.2) is 0 Å². The quantitative estimate of drug-likeness (QED) is 0.619. The van der Waals surface area contributed by atoms with Gasteiger partial charge in [-0.3, -0.25) is 9.36 Å². The summed E-state index contributed by atoms with van der Waals surface area (Å²) in [7, 11) is 0. The van der Waals surface area contributed by atoms with Crippen molar-refractivity contribution in [2.24, 2.45) is 0 Å². The van der Waals surface area contributed by atoms with Gasteiger partial charge in [-0.25, -0.2) is 19.7 Å². The van der Waals surface area contributed by atoms with E-state index in [1.165, 1.54) is 17.3 Å². The summed E-state index contributed by atoms with van der Waals surface area (Å²) in [5.74, 6) is 0.421. The fourth-order valence-electron chi connectivity index (χ4n) is 4.82. The number of aliphatic hydroxyl groups is 1. The predicted molar refractivity (Wildman–Crippen MR) is 120 cm³/mol. The first-order valence-corrected chi connectivity index (χ1v) is 10.8. The Labute approximate surface area is 189 Å². The second-order valence-corrected chi connectivity index (χ2v) is 8.49. The Morgan fingerprint density at radius 1 is 1.12 bits per heavy atom. The van der Waals surface area contributed by atoms with Crippen LogP contribution in [0.1, 0.15) is 24.5 Å². The maximum absolute atomic E-state index is 13.0. The molecule has 2 aliphatic heterocycles. The first-order valence-electron chi connectivity index (χ1n) is 10.8. The third-order valence-electron chi connectivity index (χ3n) is 6.59. The highest BCUT2D eigenvalue weighted by Gasteiger charge is 2.48. The highest BCUT2D eigenvalue weighted by Crippen LogP contribution is 2.39. The molecule has 10 heteroatoms. The van der Waals surface area contributed by atoms with Crippen molar-refractivity contribution in [3.63, 3.8) is 0 Å². The number of nitrogens with zero attached hydrogens (tertiary/aromatic N) is 6. The van der Waals surface area contributed by atoms with Crippen molar-refractivity contribution < 1.29 is 15.0 Å². The molecule has 1 aromatic carbocycles. The molecule has 0 saturated carbocycles. The summed E-state index contributed by atoms with van der Waals surface area (Å²) in [4.78, 5) is 41.0. The summed E-state index contributed by atoms with van der Waals surface area (Å²) in [5, 5.41) is 20.6. The molecule has 1 unspecified atom stereocenters. The lowest BCUT2D eigenvalue weighted by molar-refractivity contribution is 0.146. The highest BCUT2D eigenvalue weighted by atomic mass is 16.4. The second kappa shape index (κ2) is 8.28. The molecule has 0 aliphatic carbocycles. The van der Waals surface area contributed by atoms with Crippen molar-refractivity contribution in [2.75, 3.05) is 24.5 Å². The number of anilines is 1. The molecule has 1 saturated heterocycles. The molecule has 170 valence electrons. The minimum atomic E-state index is -0.971. The van der Waals surface area contributed by atoms with Crippen molar-refractivity contribution in [2.45, 2.75) is 31.0 Å². The van der Waals surface area contributed by atoms with Crippen molar-refractivity contribution in [1.82, 2.24) is 24.4 Å². The summed E-state index contributed by atoms with van der Waals surface area (Å²) < 4.78 is 1.59. The largest absolute Gasteiger partial charge is 0.465 e. The smallest absolute Gasteiger partial charge is 0.407 e. The van der Waals surface area contributed by atoms with Crippen molar-refractivity contribution in [3.8, 4) is 11.4 Å². The molecule has 33 heavy (non-hydrogen) atoms. The first-order chi connectivity index (χ1) is 16.0. The molecular weight excluding hydrogens is 424 g/mol. The van der Waals surface area contributed by atoms with Gasteiger partial charge in [0.1, 0.15) is 6.33 Å². The monoisotopic (exact) mass is 448 g/mol. The molecule has 1 amide bonds. The van der Waals surface area contributed by atoms with Crippen LogP contribution in [-0.2, 0) is 6.54 Å². The molecule has 0 radical (unpaired) electrons. The zero-order valence-corrected chi connectivity index (χ0v) is 17.9. The highest BCUT2D eigenvalue weighted by molar-refractivity contribution is 5.66. The number of hydrogen-bond donors (Lipinski definition) is 2. The molecule has 5 rings (SSSR count). The van der Waals surface area contributed by atoms with Crippen LogP contribution >= 0.6 is 0 Å². The number of benzene rings is 1. The minimum absolute atomic E-state index is 0.178. The number of β-amino-alcohol motifs (C(OH)–C–C–N with tert-alkyl or cyclic N) is 1. The fraction of sp³-hybridized carbons (Fsp3) is 0.348. The van der Waals surface area contributed by atoms with Gasteiger partial charge in [-0.1, -0.05) is 30.3 Å². The van der Waals surface area contributed by atoms with Gasteiger partial charge in [0.2, 0.25) is 5.95 Å². The van der Waals surface area contributed by atoms with Crippen LogP contribution in [0.25, 0.3) is 11.4 Å². The zero-order chi connectivity index (χ0) is 23.0. The lowest BCUT2D eigenvalue weighted by Gasteiger charge is -2.47. The molecule has 3 aromatic rings. The SMILES string of the molecule is O=C(O)N1CCC2(CCn3c(nc(-c4ccncn4)cc3=O)N2C[C@H](O)c2ccccc2)C1. The molecule has 0 bridgehead atoms. The Morgan fingerprint density at radius 2 is 1.91 bits per heavy atom. The Balaban J connectivity index is 1.60. The first kappa shape index (κ1) is 21.1. The number of rotatable bonds is 4. The number of likely N-dealkylation sites (tertiary alicyclic amines) is 1. The second-order valence-electron chi connectivity index (χ2n) is 8.49. The molecule has 1 spiro atoms. The van der Waals surface area contributed by atoms with Crippen LogP contribution in [0.3, 0.4) is 0 Å². The third kappa shape index (κ3) is 3.82. The minimum Gasteiger partial charge on any atom is -0.465 e. The van der Waals surface area contributed by atoms with Gasteiger partial charge >= 0.3 is 6.09 Å². The lowest BCUT2D eigenvalue weighted by atomic mass is 9.89. The van der Waals surface area contributed by atoms with Gasteiger partial charge in [-0.15, -0.1) is 0 Å². The maximum atomic E-state index is 13.0. The van der Waals surface area contributed by atoms with Crippen LogP contribution in [-0.4, -0.2) is 65.9 Å². The maximum Gasteiger partial charge on any atom is 0.407 e. The van der Waals surface area contributed by atoms with Crippen LogP contribution < -0.4 is 10.5 Å². The van der Waals surface area contributed by atoms with Crippen LogP contribution in [0.5, 0.6) is 0 Å². The molecule has 2 atom stereocenters. The fourth-order valence-corrected chi connectivity index (χ4v) is 4.82. The summed E-state index contributed by atoms with van der Waals surface area (Å²) >= 11 is 0. The molecule has 10 nitrogen and oxygen atoms in total. The third-order valence-corrected chi connectivity index (χ3v) is 6.59. The molecule has 2 aromatic heterocycles. The number of carboxylic acid groups (broad SMARTS) is 1. The van der Waals surface area contributed by atoms with Gasteiger partial charge in [-0.2, -0.15) is 0 Å². The van der Waals surface area contributed by atoms with E-state index in [4.69, 9.17) is 4.98 Å². The Morgan fingerprint density at radius 3 is 2.61 bits per heavy atom. The van der Waals surface area contributed by atoms with Crippen LogP contribution in [0.4, 0.5) is 10.7 Å². The van der Waals surface area contributed by atoms with Gasteiger partial charge in [0.25, 0.3) is 5.56 Å². The van der Waals surface area contributed by atoms with E-state index in [2.05, 4.69) is 9.97 Å². The van der Waals surface area contributed by atoms with E-state index in [-0.39, 0.29) is 18.6 Å². The normalized spacial score (nSPS) is 20.6. The van der Waals surface area contributed by atoms with E-state index in [0.29, 0.717) is 43.3 Å². The van der Waals surface area contributed by atoms with Gasteiger partial charge in [0.05, 0.1) is 29.6 Å². The summed E-state index contributed by atoms with van der Waals surface area (Å²) in [5.41, 5.74) is 0.908. The average molecular weight is 448 g/mol. The van der Waals surface area contributed by atoms with Crippen molar-refractivity contribution in [1.29, 1.82) is 0 Å².